The van der Waals surface area contributed by atoms with Crippen LogP contribution in [0.3, 0.4) is 0 Å². The zero-order valence-electron chi connectivity index (χ0n) is 8.19. The Balaban J connectivity index is 2.56. The van der Waals surface area contributed by atoms with Crippen LogP contribution in [0.5, 0.6) is 5.75 Å². The third-order valence-corrected chi connectivity index (χ3v) is 1.82. The number of allylic oxidation sites excluding steroid dienone is 2. The van der Waals surface area contributed by atoms with Gasteiger partial charge >= 0.3 is 0 Å². The summed E-state index contributed by atoms with van der Waals surface area (Å²) in [5.74, 6) is 0.671. The van der Waals surface area contributed by atoms with Crippen LogP contribution >= 0.6 is 0 Å². The summed E-state index contributed by atoms with van der Waals surface area (Å²) in [6.07, 6.45) is 4.02. The second-order valence-electron chi connectivity index (χ2n) is 2.92. The molecule has 0 amide bonds. The number of methoxy groups -OCH3 is 1. The summed E-state index contributed by atoms with van der Waals surface area (Å²) in [4.78, 5) is 0. The number of rotatable bonds is 4. The minimum absolute atomic E-state index is 0.168. The lowest BCUT2D eigenvalue weighted by Gasteiger charge is -2.02. The Hall–Kier alpha value is -1.70. The first-order valence-corrected chi connectivity index (χ1v) is 4.38. The molecule has 74 valence electrons. The van der Waals surface area contributed by atoms with E-state index in [1.165, 1.54) is 6.08 Å². The van der Waals surface area contributed by atoms with Crippen LogP contribution < -0.4 is 9.84 Å². The minimum Gasteiger partial charge on any atom is -0.873 e. The molecule has 0 aromatic heterocycles. The molecule has 0 bridgehead atoms. The number of benzene rings is 1. The molecule has 0 heterocycles. The molecule has 0 N–H and O–H groups in total. The van der Waals surface area contributed by atoms with Gasteiger partial charge in [0.05, 0.1) is 7.11 Å². The molecule has 0 saturated heterocycles. The average Bonchev–Trinajstić information content (AvgIpc) is 2.18. The highest BCUT2D eigenvalue weighted by Gasteiger charge is 1.90. The third kappa shape index (κ3) is 3.35. The molecular formula is C12H13O2-. The molecule has 0 fully saturated rings. The van der Waals surface area contributed by atoms with Crippen LogP contribution in [0, 0.1) is 0 Å². The van der Waals surface area contributed by atoms with Crippen molar-refractivity contribution in [1.82, 2.24) is 0 Å². The fraction of sp³-hybridized carbons (Fsp3) is 0.167. The first kappa shape index (κ1) is 10.4. The predicted molar refractivity (Wildman–Crippen MR) is 55.0 cm³/mol. The summed E-state index contributed by atoms with van der Waals surface area (Å²) in [6, 6.07) is 7.73. The van der Waals surface area contributed by atoms with E-state index in [4.69, 9.17) is 4.74 Å². The highest BCUT2D eigenvalue weighted by atomic mass is 16.5. The molecule has 0 aliphatic carbocycles. The Morgan fingerprint density at radius 1 is 1.43 bits per heavy atom. The molecule has 1 aromatic carbocycles. The first-order chi connectivity index (χ1) is 6.72. The lowest BCUT2D eigenvalue weighted by Crippen LogP contribution is -1.96. The van der Waals surface area contributed by atoms with E-state index in [9.17, 15) is 5.11 Å². The standard InChI is InChI=1S/C12H14O2/c1-10(13)4-3-5-11-6-8-12(14-2)9-7-11/h3-4,6-9,13H,1,5H2,2H3/p-1. The van der Waals surface area contributed by atoms with Crippen LogP contribution in [0.4, 0.5) is 0 Å². The van der Waals surface area contributed by atoms with Gasteiger partial charge in [-0.3, -0.25) is 0 Å². The van der Waals surface area contributed by atoms with Gasteiger partial charge in [-0.1, -0.05) is 24.3 Å². The van der Waals surface area contributed by atoms with Crippen molar-refractivity contribution in [2.24, 2.45) is 0 Å². The molecule has 2 nitrogen and oxygen atoms in total. The summed E-state index contributed by atoms with van der Waals surface area (Å²) in [5.41, 5.74) is 1.14. The van der Waals surface area contributed by atoms with Crippen molar-refractivity contribution in [2.45, 2.75) is 6.42 Å². The third-order valence-electron chi connectivity index (χ3n) is 1.82. The van der Waals surface area contributed by atoms with Gasteiger partial charge in [0, 0.05) is 0 Å². The van der Waals surface area contributed by atoms with Crippen molar-refractivity contribution in [2.75, 3.05) is 7.11 Å². The van der Waals surface area contributed by atoms with Gasteiger partial charge < -0.3 is 9.84 Å². The highest BCUT2D eigenvalue weighted by Crippen LogP contribution is 2.11. The summed E-state index contributed by atoms with van der Waals surface area (Å²) < 4.78 is 5.03. The van der Waals surface area contributed by atoms with Crippen LogP contribution in [0.2, 0.25) is 0 Å². The molecule has 0 radical (unpaired) electrons. The SMILES string of the molecule is C=C([O-])C=CCc1ccc(OC)cc1. The van der Waals surface area contributed by atoms with Crippen molar-refractivity contribution in [3.63, 3.8) is 0 Å². The van der Waals surface area contributed by atoms with Gasteiger partial charge in [-0.25, -0.2) is 0 Å². The minimum atomic E-state index is -0.168. The van der Waals surface area contributed by atoms with Crippen molar-refractivity contribution in [3.8, 4) is 5.75 Å². The Morgan fingerprint density at radius 2 is 2.07 bits per heavy atom. The van der Waals surface area contributed by atoms with Crippen LogP contribution in [-0.2, 0) is 6.42 Å². The van der Waals surface area contributed by atoms with E-state index in [2.05, 4.69) is 6.58 Å². The summed E-state index contributed by atoms with van der Waals surface area (Å²) >= 11 is 0. The second kappa shape index (κ2) is 5.12. The second-order valence-corrected chi connectivity index (χ2v) is 2.92. The molecule has 14 heavy (non-hydrogen) atoms. The quantitative estimate of drug-likeness (QED) is 0.533. The fourth-order valence-electron chi connectivity index (χ4n) is 1.09. The molecule has 0 atom stereocenters. The topological polar surface area (TPSA) is 32.3 Å². The van der Waals surface area contributed by atoms with E-state index in [0.717, 1.165) is 17.7 Å². The maximum Gasteiger partial charge on any atom is 0.118 e. The van der Waals surface area contributed by atoms with Gasteiger partial charge in [0.1, 0.15) is 5.75 Å². The lowest BCUT2D eigenvalue weighted by atomic mass is 10.1. The van der Waals surface area contributed by atoms with E-state index in [1.54, 1.807) is 13.2 Å². The van der Waals surface area contributed by atoms with Crippen LogP contribution in [-0.4, -0.2) is 7.11 Å². The van der Waals surface area contributed by atoms with Crippen molar-refractivity contribution in [1.29, 1.82) is 0 Å². The molecule has 0 aliphatic heterocycles. The summed E-state index contributed by atoms with van der Waals surface area (Å²) in [7, 11) is 1.64. The zero-order valence-corrected chi connectivity index (χ0v) is 8.19. The van der Waals surface area contributed by atoms with Gasteiger partial charge in [-0.05, 0) is 24.1 Å². The van der Waals surface area contributed by atoms with E-state index in [1.807, 2.05) is 24.3 Å². The molecular weight excluding hydrogens is 176 g/mol. The van der Waals surface area contributed by atoms with Crippen LogP contribution in [0.15, 0.2) is 48.8 Å². The normalized spacial score (nSPS) is 10.4. The number of hydrogen-bond acceptors (Lipinski definition) is 2. The van der Waals surface area contributed by atoms with Crippen molar-refractivity contribution >= 4 is 0 Å². The fourth-order valence-corrected chi connectivity index (χ4v) is 1.09. The van der Waals surface area contributed by atoms with Gasteiger partial charge in [-0.2, -0.15) is 0 Å². The summed E-state index contributed by atoms with van der Waals surface area (Å²) in [6.45, 7) is 3.25. The highest BCUT2D eigenvalue weighted by molar-refractivity contribution is 5.28. The van der Waals surface area contributed by atoms with Crippen molar-refractivity contribution in [3.05, 3.63) is 54.3 Å². The maximum absolute atomic E-state index is 10.5. The maximum atomic E-state index is 10.5. The van der Waals surface area contributed by atoms with Gasteiger partial charge in [0.2, 0.25) is 0 Å². The molecule has 0 aliphatic rings. The summed E-state index contributed by atoms with van der Waals surface area (Å²) in [5, 5.41) is 10.5. The van der Waals surface area contributed by atoms with Crippen LogP contribution in [0.25, 0.3) is 0 Å². The lowest BCUT2D eigenvalue weighted by molar-refractivity contribution is -0.294. The molecule has 0 saturated carbocycles. The Bertz CT molecular complexity index is 323. The van der Waals surface area contributed by atoms with Gasteiger partial charge in [0.25, 0.3) is 0 Å². The first-order valence-electron chi connectivity index (χ1n) is 4.38. The predicted octanol–water partition coefficient (Wildman–Crippen LogP) is 1.67. The van der Waals surface area contributed by atoms with Crippen LogP contribution in [0.1, 0.15) is 5.56 Å². The molecule has 0 spiro atoms. The number of hydrogen-bond donors (Lipinski definition) is 0. The Morgan fingerprint density at radius 3 is 2.57 bits per heavy atom. The Kier molecular flexibility index (Phi) is 3.80. The van der Waals surface area contributed by atoms with Crippen molar-refractivity contribution < 1.29 is 9.84 Å². The van der Waals surface area contributed by atoms with E-state index < -0.39 is 0 Å². The molecule has 1 aromatic rings. The monoisotopic (exact) mass is 189 g/mol. The van der Waals surface area contributed by atoms with E-state index in [-0.39, 0.29) is 5.76 Å². The largest absolute Gasteiger partial charge is 0.873 e. The average molecular weight is 189 g/mol. The van der Waals surface area contributed by atoms with Gasteiger partial charge in [0.15, 0.2) is 0 Å². The van der Waals surface area contributed by atoms with E-state index >= 15 is 0 Å². The zero-order chi connectivity index (χ0) is 10.4. The molecule has 0 unspecified atom stereocenters. The molecule has 1 rings (SSSR count). The van der Waals surface area contributed by atoms with E-state index in [0.29, 0.717) is 0 Å². The number of ether oxygens (including phenoxy) is 1. The Labute approximate surface area is 84.1 Å². The van der Waals surface area contributed by atoms with Gasteiger partial charge in [-0.15, -0.1) is 12.3 Å². The molecule has 2 heteroatoms. The smallest absolute Gasteiger partial charge is 0.118 e.